The molecule has 1 heterocycles. The second-order valence-electron chi connectivity index (χ2n) is 6.54. The quantitative estimate of drug-likeness (QED) is 0.709. The third-order valence-electron chi connectivity index (χ3n) is 4.63. The monoisotopic (exact) mass is 380 g/mol. The van der Waals surface area contributed by atoms with Gasteiger partial charge in [0.25, 0.3) is 0 Å². The van der Waals surface area contributed by atoms with Crippen LogP contribution in [0.15, 0.2) is 71.6 Å². The van der Waals surface area contributed by atoms with E-state index in [9.17, 15) is 8.42 Å². The zero-order chi connectivity index (χ0) is 18.9. The zero-order valence-corrected chi connectivity index (χ0v) is 15.5. The number of ether oxygens (including phenoxy) is 1. The summed E-state index contributed by atoms with van der Waals surface area (Å²) in [6.07, 6.45) is 0.954. The first-order valence-corrected chi connectivity index (χ1v) is 10.3. The highest BCUT2D eigenvalue weighted by Crippen LogP contribution is 2.31. The minimum absolute atomic E-state index is 0.119. The summed E-state index contributed by atoms with van der Waals surface area (Å²) >= 11 is 0. The number of rotatable bonds is 5. The Balaban J connectivity index is 1.48. The van der Waals surface area contributed by atoms with E-state index in [0.717, 1.165) is 35.6 Å². The van der Waals surface area contributed by atoms with E-state index in [1.54, 1.807) is 12.1 Å². The van der Waals surface area contributed by atoms with Crippen molar-refractivity contribution in [1.29, 1.82) is 0 Å². The van der Waals surface area contributed by atoms with Gasteiger partial charge in [-0.2, -0.15) is 0 Å². The molecule has 0 aromatic heterocycles. The molecular weight excluding hydrogens is 360 g/mol. The van der Waals surface area contributed by atoms with Gasteiger partial charge in [-0.25, -0.2) is 13.6 Å². The molecule has 3 N–H and O–H groups in total. The van der Waals surface area contributed by atoms with E-state index in [2.05, 4.69) is 29.6 Å². The Morgan fingerprint density at radius 3 is 2.52 bits per heavy atom. The Labute approximate surface area is 158 Å². The van der Waals surface area contributed by atoms with Crippen molar-refractivity contribution in [2.75, 3.05) is 11.9 Å². The van der Waals surface area contributed by atoms with Crippen LogP contribution in [0.25, 0.3) is 11.1 Å². The number of hydrogen-bond acceptors (Lipinski definition) is 4. The van der Waals surface area contributed by atoms with Crippen molar-refractivity contribution in [2.45, 2.75) is 17.9 Å². The first-order valence-electron chi connectivity index (χ1n) is 8.71. The molecule has 0 spiro atoms. The molecule has 1 aliphatic heterocycles. The van der Waals surface area contributed by atoms with E-state index in [1.165, 1.54) is 23.3 Å². The molecule has 3 aromatic carbocycles. The predicted octanol–water partition coefficient (Wildman–Crippen LogP) is 3.55. The van der Waals surface area contributed by atoms with Gasteiger partial charge in [0.05, 0.1) is 11.5 Å². The average molecular weight is 380 g/mol. The summed E-state index contributed by atoms with van der Waals surface area (Å²) in [5.41, 5.74) is 5.53. The second kappa shape index (κ2) is 7.06. The Morgan fingerprint density at radius 1 is 0.963 bits per heavy atom. The van der Waals surface area contributed by atoms with Crippen LogP contribution in [-0.4, -0.2) is 15.0 Å². The number of primary sulfonamides is 1. The molecule has 1 aliphatic rings. The van der Waals surface area contributed by atoms with Gasteiger partial charge in [0.15, 0.2) is 0 Å². The molecule has 27 heavy (non-hydrogen) atoms. The van der Waals surface area contributed by atoms with Crippen LogP contribution in [-0.2, 0) is 23.0 Å². The van der Waals surface area contributed by atoms with Crippen LogP contribution in [0.4, 0.5) is 5.69 Å². The maximum Gasteiger partial charge on any atom is 0.238 e. The fraction of sp³-hybridized carbons (Fsp3) is 0.143. The normalized spacial score (nSPS) is 13.1. The summed E-state index contributed by atoms with van der Waals surface area (Å²) in [5, 5.41) is 8.50. The number of hydrogen-bond donors (Lipinski definition) is 2. The lowest BCUT2D eigenvalue weighted by molar-refractivity contribution is 0.357. The van der Waals surface area contributed by atoms with Crippen LogP contribution in [0.2, 0.25) is 0 Å². The number of sulfonamides is 1. The second-order valence-corrected chi connectivity index (χ2v) is 8.11. The van der Waals surface area contributed by atoms with Crippen LogP contribution < -0.4 is 15.2 Å². The highest BCUT2D eigenvalue weighted by Gasteiger charge is 2.12. The Hall–Kier alpha value is -2.83. The number of anilines is 1. The molecule has 0 unspecified atom stereocenters. The van der Waals surface area contributed by atoms with Crippen LogP contribution in [0, 0.1) is 0 Å². The molecule has 0 aliphatic carbocycles. The summed E-state index contributed by atoms with van der Waals surface area (Å²) in [4.78, 5) is 0.119. The van der Waals surface area contributed by atoms with Gasteiger partial charge in [-0.3, -0.25) is 0 Å². The van der Waals surface area contributed by atoms with Crippen LogP contribution in [0.3, 0.4) is 0 Å². The standard InChI is InChI=1S/C21H20N2O3S/c22-27(24,25)20-7-4-15(5-8-20)14-23-19-3-1-2-16(13-19)17-6-9-21-18(12-17)10-11-26-21/h1-9,12-13,23H,10-11,14H2,(H2,22,24,25). The molecule has 138 valence electrons. The van der Waals surface area contributed by atoms with Gasteiger partial charge < -0.3 is 10.1 Å². The average Bonchev–Trinajstić information content (AvgIpc) is 3.14. The lowest BCUT2D eigenvalue weighted by atomic mass is 10.0. The Kier molecular flexibility index (Phi) is 4.59. The summed E-state index contributed by atoms with van der Waals surface area (Å²) in [6.45, 7) is 1.34. The molecule has 0 radical (unpaired) electrons. The number of benzene rings is 3. The fourth-order valence-corrected chi connectivity index (χ4v) is 3.69. The molecule has 0 atom stereocenters. The van der Waals surface area contributed by atoms with Gasteiger partial charge >= 0.3 is 0 Å². The maximum atomic E-state index is 11.3. The molecule has 0 saturated carbocycles. The smallest absolute Gasteiger partial charge is 0.238 e. The first kappa shape index (κ1) is 17.6. The third-order valence-corrected chi connectivity index (χ3v) is 5.56. The van der Waals surface area contributed by atoms with E-state index >= 15 is 0 Å². The fourth-order valence-electron chi connectivity index (χ4n) is 3.18. The maximum absolute atomic E-state index is 11.3. The molecule has 3 aromatic rings. The highest BCUT2D eigenvalue weighted by atomic mass is 32.2. The molecular formula is C21H20N2O3S. The van der Waals surface area contributed by atoms with Gasteiger partial charge in [-0.1, -0.05) is 30.3 Å². The van der Waals surface area contributed by atoms with E-state index in [0.29, 0.717) is 6.54 Å². The topological polar surface area (TPSA) is 81.4 Å². The van der Waals surface area contributed by atoms with Crippen molar-refractivity contribution in [3.8, 4) is 16.9 Å². The van der Waals surface area contributed by atoms with Crippen molar-refractivity contribution in [1.82, 2.24) is 0 Å². The lowest BCUT2D eigenvalue weighted by Crippen LogP contribution is -2.12. The van der Waals surface area contributed by atoms with Crippen molar-refractivity contribution in [3.05, 3.63) is 77.9 Å². The molecule has 0 fully saturated rings. The summed E-state index contributed by atoms with van der Waals surface area (Å²) < 4.78 is 28.2. The number of nitrogens with two attached hydrogens (primary N) is 1. The SMILES string of the molecule is NS(=O)(=O)c1ccc(CNc2cccc(-c3ccc4c(c3)CCO4)c2)cc1. The van der Waals surface area contributed by atoms with Gasteiger partial charge in [0, 0.05) is 18.7 Å². The van der Waals surface area contributed by atoms with Crippen molar-refractivity contribution >= 4 is 15.7 Å². The minimum Gasteiger partial charge on any atom is -0.493 e. The molecule has 0 amide bonds. The molecule has 6 heteroatoms. The van der Waals surface area contributed by atoms with E-state index in [-0.39, 0.29) is 4.90 Å². The number of nitrogens with one attached hydrogen (secondary N) is 1. The van der Waals surface area contributed by atoms with Gasteiger partial charge in [0.1, 0.15) is 5.75 Å². The van der Waals surface area contributed by atoms with E-state index in [4.69, 9.17) is 9.88 Å². The number of fused-ring (bicyclic) bond motifs is 1. The Bertz CT molecular complexity index is 1080. The lowest BCUT2D eigenvalue weighted by Gasteiger charge is -2.10. The molecule has 4 rings (SSSR count). The largest absolute Gasteiger partial charge is 0.493 e. The van der Waals surface area contributed by atoms with Crippen molar-refractivity contribution in [2.24, 2.45) is 5.14 Å². The van der Waals surface area contributed by atoms with Gasteiger partial charge in [-0.15, -0.1) is 0 Å². The third kappa shape index (κ3) is 3.97. The summed E-state index contributed by atoms with van der Waals surface area (Å²) in [6, 6.07) is 21.1. The van der Waals surface area contributed by atoms with Gasteiger partial charge in [0.2, 0.25) is 10.0 Å². The van der Waals surface area contributed by atoms with E-state index < -0.39 is 10.0 Å². The van der Waals surface area contributed by atoms with Crippen LogP contribution in [0.1, 0.15) is 11.1 Å². The molecule has 5 nitrogen and oxygen atoms in total. The predicted molar refractivity (Wildman–Crippen MR) is 106 cm³/mol. The summed E-state index contributed by atoms with van der Waals surface area (Å²) in [7, 11) is -3.66. The highest BCUT2D eigenvalue weighted by molar-refractivity contribution is 7.89. The first-order chi connectivity index (χ1) is 13.0. The van der Waals surface area contributed by atoms with E-state index in [1.807, 2.05) is 18.2 Å². The van der Waals surface area contributed by atoms with Crippen LogP contribution in [0.5, 0.6) is 5.75 Å². The van der Waals surface area contributed by atoms with Crippen molar-refractivity contribution < 1.29 is 13.2 Å². The molecule has 0 bridgehead atoms. The van der Waals surface area contributed by atoms with Gasteiger partial charge in [-0.05, 0) is 58.7 Å². The minimum atomic E-state index is -3.66. The van der Waals surface area contributed by atoms with Crippen LogP contribution >= 0.6 is 0 Å². The van der Waals surface area contributed by atoms with Crippen molar-refractivity contribution in [3.63, 3.8) is 0 Å². The molecule has 0 saturated heterocycles. The Morgan fingerprint density at radius 2 is 1.74 bits per heavy atom. The summed E-state index contributed by atoms with van der Waals surface area (Å²) in [5.74, 6) is 0.982. The zero-order valence-electron chi connectivity index (χ0n) is 14.7.